The van der Waals surface area contributed by atoms with Crippen LogP contribution < -0.4 is 5.32 Å². The van der Waals surface area contributed by atoms with Gasteiger partial charge in [0.15, 0.2) is 5.82 Å². The molecule has 0 aliphatic carbocycles. The molecule has 1 aliphatic heterocycles. The number of hydrogen-bond donors (Lipinski definition) is 1. The molecule has 0 radical (unpaired) electrons. The zero-order valence-corrected chi connectivity index (χ0v) is 16.3. The summed E-state index contributed by atoms with van der Waals surface area (Å²) in [6.45, 7) is 5.67. The molecule has 0 unspecified atom stereocenters. The average Bonchev–Trinajstić information content (AvgIpc) is 3.06. The highest BCUT2D eigenvalue weighted by Crippen LogP contribution is 2.18. The highest BCUT2D eigenvalue weighted by molar-refractivity contribution is 7.89. The van der Waals surface area contributed by atoms with Crippen LogP contribution in [0, 0.1) is 6.92 Å². The molecule has 2 heterocycles. The summed E-state index contributed by atoms with van der Waals surface area (Å²) in [5.74, 6) is 0.806. The first-order valence-corrected chi connectivity index (χ1v) is 10.4. The molecule has 3 rings (SSSR count). The molecule has 1 aromatic carbocycles. The van der Waals surface area contributed by atoms with Gasteiger partial charge in [-0.15, -0.1) is 0 Å². The molecule has 27 heavy (non-hydrogen) atoms. The molecule has 0 saturated carbocycles. The van der Waals surface area contributed by atoms with Gasteiger partial charge in [-0.05, 0) is 31.0 Å². The van der Waals surface area contributed by atoms with Crippen LogP contribution in [0.5, 0.6) is 0 Å². The van der Waals surface area contributed by atoms with Gasteiger partial charge in [-0.1, -0.05) is 24.2 Å². The lowest BCUT2D eigenvalue weighted by Crippen LogP contribution is -2.50. The van der Waals surface area contributed by atoms with Crippen LogP contribution in [-0.2, 0) is 21.2 Å². The van der Waals surface area contributed by atoms with Crippen LogP contribution in [0.2, 0.25) is 0 Å². The Morgan fingerprint density at radius 2 is 1.85 bits per heavy atom. The molecule has 9 heteroatoms. The van der Waals surface area contributed by atoms with Gasteiger partial charge >= 0.3 is 0 Å². The molecule has 1 aliphatic rings. The summed E-state index contributed by atoms with van der Waals surface area (Å²) in [5.41, 5.74) is 1.10. The third-order valence-electron chi connectivity index (χ3n) is 4.56. The molecule has 0 spiro atoms. The largest absolute Gasteiger partial charge is 0.360 e. The zero-order valence-electron chi connectivity index (χ0n) is 15.5. The van der Waals surface area contributed by atoms with E-state index in [2.05, 4.69) is 10.5 Å². The van der Waals surface area contributed by atoms with Crippen molar-refractivity contribution in [1.82, 2.24) is 14.4 Å². The topological polar surface area (TPSA) is 95.8 Å². The zero-order chi connectivity index (χ0) is 19.4. The van der Waals surface area contributed by atoms with Gasteiger partial charge < -0.3 is 9.84 Å². The van der Waals surface area contributed by atoms with E-state index in [1.807, 2.05) is 24.0 Å². The minimum Gasteiger partial charge on any atom is -0.360 e. The summed E-state index contributed by atoms with van der Waals surface area (Å²) < 4.78 is 31.9. The summed E-state index contributed by atoms with van der Waals surface area (Å²) in [6, 6.07) is 8.66. The monoisotopic (exact) mass is 392 g/mol. The van der Waals surface area contributed by atoms with Gasteiger partial charge in [0, 0.05) is 32.2 Å². The number of anilines is 1. The smallest absolute Gasteiger partial charge is 0.243 e. The number of carbonyl (C=O) groups excluding carboxylic acids is 1. The van der Waals surface area contributed by atoms with Crippen LogP contribution in [0.3, 0.4) is 0 Å². The summed E-state index contributed by atoms with van der Waals surface area (Å²) >= 11 is 0. The SMILES string of the molecule is CCc1ccc(S(=O)(=O)N2CCN(CC(=O)Nc3cc(C)on3)CC2)cc1. The Kier molecular flexibility index (Phi) is 5.93. The van der Waals surface area contributed by atoms with Gasteiger partial charge in [-0.3, -0.25) is 9.69 Å². The number of piperazine rings is 1. The van der Waals surface area contributed by atoms with Gasteiger partial charge in [-0.25, -0.2) is 8.42 Å². The summed E-state index contributed by atoms with van der Waals surface area (Å²) in [6.07, 6.45) is 0.870. The average molecular weight is 392 g/mol. The predicted octanol–water partition coefficient (Wildman–Crippen LogP) is 1.49. The Morgan fingerprint density at radius 3 is 2.41 bits per heavy atom. The number of rotatable bonds is 6. The number of amides is 1. The standard InChI is InChI=1S/C18H24N4O4S/c1-3-15-4-6-16(7-5-15)27(24,25)22-10-8-21(9-11-22)13-18(23)19-17-12-14(2)26-20-17/h4-7,12H,3,8-11,13H2,1-2H3,(H,19,20,23). The van der Waals surface area contributed by atoms with Crippen LogP contribution in [-0.4, -0.2) is 61.4 Å². The van der Waals surface area contributed by atoms with Gasteiger partial charge in [0.25, 0.3) is 0 Å². The number of aryl methyl sites for hydroxylation is 2. The Hall–Kier alpha value is -2.23. The summed E-state index contributed by atoms with van der Waals surface area (Å²) in [7, 11) is -3.50. The highest BCUT2D eigenvalue weighted by atomic mass is 32.2. The van der Waals surface area contributed by atoms with E-state index in [1.54, 1.807) is 25.1 Å². The summed E-state index contributed by atoms with van der Waals surface area (Å²) in [4.78, 5) is 14.3. The van der Waals surface area contributed by atoms with Crippen LogP contribution in [0.15, 0.2) is 39.8 Å². The second-order valence-corrected chi connectivity index (χ2v) is 8.49. The molecule has 0 bridgehead atoms. The fraction of sp³-hybridized carbons (Fsp3) is 0.444. The van der Waals surface area contributed by atoms with E-state index >= 15 is 0 Å². The van der Waals surface area contributed by atoms with Gasteiger partial charge in [0.1, 0.15) is 5.76 Å². The first-order valence-electron chi connectivity index (χ1n) is 8.93. The van der Waals surface area contributed by atoms with E-state index in [4.69, 9.17) is 4.52 Å². The van der Waals surface area contributed by atoms with Crippen molar-refractivity contribution in [2.75, 3.05) is 38.0 Å². The third kappa shape index (κ3) is 4.74. The van der Waals surface area contributed by atoms with Crippen molar-refractivity contribution in [3.05, 3.63) is 41.7 Å². The van der Waals surface area contributed by atoms with Crippen LogP contribution in [0.25, 0.3) is 0 Å². The maximum absolute atomic E-state index is 12.8. The van der Waals surface area contributed by atoms with Crippen molar-refractivity contribution in [1.29, 1.82) is 0 Å². The van der Waals surface area contributed by atoms with Crippen LogP contribution >= 0.6 is 0 Å². The van der Waals surface area contributed by atoms with Crippen molar-refractivity contribution in [3.8, 4) is 0 Å². The molecule has 1 aromatic heterocycles. The molecular formula is C18H24N4O4S. The Bertz CT molecular complexity index is 884. The van der Waals surface area contributed by atoms with E-state index < -0.39 is 10.0 Å². The van der Waals surface area contributed by atoms with E-state index in [0.717, 1.165) is 12.0 Å². The van der Waals surface area contributed by atoms with Crippen molar-refractivity contribution in [3.63, 3.8) is 0 Å². The Balaban J connectivity index is 1.53. The van der Waals surface area contributed by atoms with Crippen molar-refractivity contribution >= 4 is 21.7 Å². The minimum atomic E-state index is -3.50. The number of aromatic nitrogens is 1. The molecule has 1 saturated heterocycles. The van der Waals surface area contributed by atoms with Crippen LogP contribution in [0.4, 0.5) is 5.82 Å². The normalized spacial score (nSPS) is 16.4. The number of sulfonamides is 1. The van der Waals surface area contributed by atoms with Crippen molar-refractivity contribution in [2.24, 2.45) is 0 Å². The maximum atomic E-state index is 12.8. The fourth-order valence-electron chi connectivity index (χ4n) is 2.98. The second kappa shape index (κ2) is 8.20. The molecule has 2 aromatic rings. The first-order chi connectivity index (χ1) is 12.9. The molecule has 8 nitrogen and oxygen atoms in total. The maximum Gasteiger partial charge on any atom is 0.243 e. The minimum absolute atomic E-state index is 0.186. The third-order valence-corrected chi connectivity index (χ3v) is 6.48. The number of benzene rings is 1. The first kappa shape index (κ1) is 19.5. The molecule has 146 valence electrons. The van der Waals surface area contributed by atoms with E-state index in [1.165, 1.54) is 4.31 Å². The number of nitrogens with one attached hydrogen (secondary N) is 1. The molecule has 1 N–H and O–H groups in total. The lowest BCUT2D eigenvalue weighted by Gasteiger charge is -2.33. The number of hydrogen-bond acceptors (Lipinski definition) is 6. The lowest BCUT2D eigenvalue weighted by atomic mass is 10.2. The molecule has 1 fully saturated rings. The predicted molar refractivity (Wildman–Crippen MR) is 101 cm³/mol. The van der Waals surface area contributed by atoms with Gasteiger partial charge in [0.05, 0.1) is 11.4 Å². The van der Waals surface area contributed by atoms with Gasteiger partial charge in [0.2, 0.25) is 15.9 Å². The number of nitrogens with zero attached hydrogens (tertiary/aromatic N) is 3. The van der Waals surface area contributed by atoms with E-state index in [-0.39, 0.29) is 12.5 Å². The van der Waals surface area contributed by atoms with Crippen molar-refractivity contribution in [2.45, 2.75) is 25.2 Å². The number of carbonyl (C=O) groups is 1. The Morgan fingerprint density at radius 1 is 1.19 bits per heavy atom. The Labute approximate surface area is 159 Å². The molecular weight excluding hydrogens is 368 g/mol. The summed E-state index contributed by atoms with van der Waals surface area (Å²) in [5, 5.41) is 6.40. The quantitative estimate of drug-likeness (QED) is 0.800. The van der Waals surface area contributed by atoms with Gasteiger partial charge in [-0.2, -0.15) is 4.31 Å². The fourth-order valence-corrected chi connectivity index (χ4v) is 4.41. The van der Waals surface area contributed by atoms with Crippen LogP contribution in [0.1, 0.15) is 18.2 Å². The lowest BCUT2D eigenvalue weighted by molar-refractivity contribution is -0.117. The molecule has 1 amide bonds. The second-order valence-electron chi connectivity index (χ2n) is 6.55. The van der Waals surface area contributed by atoms with E-state index in [0.29, 0.717) is 42.7 Å². The van der Waals surface area contributed by atoms with Crippen molar-refractivity contribution < 1.29 is 17.7 Å². The molecule has 0 atom stereocenters. The highest BCUT2D eigenvalue weighted by Gasteiger charge is 2.29. The van der Waals surface area contributed by atoms with E-state index in [9.17, 15) is 13.2 Å².